The van der Waals surface area contributed by atoms with Gasteiger partial charge in [0.1, 0.15) is 0 Å². The topological polar surface area (TPSA) is 63.6 Å². The number of hydrogen-bond acceptors (Lipinski definition) is 5. The van der Waals surface area contributed by atoms with Crippen molar-refractivity contribution in [3.05, 3.63) is 49.4 Å². The highest BCUT2D eigenvalue weighted by atomic mass is 35.5. The predicted octanol–water partition coefficient (Wildman–Crippen LogP) is 4.44. The van der Waals surface area contributed by atoms with Crippen molar-refractivity contribution in [3.8, 4) is 0 Å². The molecule has 0 fully saturated rings. The number of aryl methyl sites for hydroxylation is 2. The molecule has 0 aliphatic carbocycles. The number of nitrogens with zero attached hydrogens (tertiary/aromatic N) is 2. The highest BCUT2D eigenvalue weighted by molar-refractivity contribution is 7.11. The predicted molar refractivity (Wildman–Crippen MR) is 101 cm³/mol. The molecule has 0 radical (unpaired) electrons. The zero-order valence-corrected chi connectivity index (χ0v) is 16.3. The molecule has 0 saturated carbocycles. The lowest BCUT2D eigenvalue weighted by Crippen LogP contribution is -2.36. The van der Waals surface area contributed by atoms with Gasteiger partial charge in [-0.25, -0.2) is 4.98 Å². The Morgan fingerprint density at radius 3 is 2.80 bits per heavy atom. The summed E-state index contributed by atoms with van der Waals surface area (Å²) in [6, 6.07) is 5.02. The Kier molecular flexibility index (Phi) is 5.32. The van der Waals surface area contributed by atoms with Gasteiger partial charge in [-0.05, 0) is 32.9 Å². The second-order valence-corrected chi connectivity index (χ2v) is 7.95. The number of benzene rings is 1. The Labute approximate surface area is 160 Å². The van der Waals surface area contributed by atoms with Crippen LogP contribution in [-0.4, -0.2) is 22.7 Å². The number of rotatable bonds is 4. The minimum absolute atomic E-state index is 0.134. The van der Waals surface area contributed by atoms with E-state index in [-0.39, 0.29) is 11.9 Å². The lowest BCUT2D eigenvalue weighted by molar-refractivity contribution is -0.131. The second-order valence-electron chi connectivity index (χ2n) is 5.87. The molecule has 0 bridgehead atoms. The summed E-state index contributed by atoms with van der Waals surface area (Å²) in [5.74, 6) is -0.207. The summed E-state index contributed by atoms with van der Waals surface area (Å²) in [4.78, 5) is 23.2. The van der Waals surface area contributed by atoms with Crippen LogP contribution in [-0.2, 0) is 9.63 Å². The normalized spacial score (nSPS) is 17.8. The molecule has 0 saturated heterocycles. The number of amides is 1. The average Bonchev–Trinajstić information content (AvgIpc) is 3.14. The van der Waals surface area contributed by atoms with Gasteiger partial charge < -0.3 is 10.2 Å². The van der Waals surface area contributed by atoms with Gasteiger partial charge in [-0.2, -0.15) is 0 Å². The lowest BCUT2D eigenvalue weighted by Gasteiger charge is -2.15. The standard InChI is InChI=1S/C17H17Cl2N3O2S/c1-8-16(25-10(3)20-8)9(2)21-17(23)15-7-14(22-24-15)12-5-4-11(18)6-13(12)19/h4-6,9,15H,7H2,1-3H3,(H,21,23)/t9-,15-/m1/s1. The van der Waals surface area contributed by atoms with Gasteiger partial charge in [-0.1, -0.05) is 34.4 Å². The minimum atomic E-state index is -0.668. The van der Waals surface area contributed by atoms with Crippen LogP contribution >= 0.6 is 34.5 Å². The third-order valence-electron chi connectivity index (χ3n) is 3.89. The Morgan fingerprint density at radius 2 is 2.16 bits per heavy atom. The van der Waals surface area contributed by atoms with Crippen LogP contribution in [0, 0.1) is 13.8 Å². The van der Waals surface area contributed by atoms with Crippen molar-refractivity contribution < 1.29 is 9.63 Å². The third-order valence-corrected chi connectivity index (χ3v) is 5.70. The number of halogens is 2. The molecule has 1 aromatic heterocycles. The Bertz CT molecular complexity index is 850. The first-order valence-corrected chi connectivity index (χ1v) is 9.35. The molecule has 1 amide bonds. The van der Waals surface area contributed by atoms with Crippen molar-refractivity contribution in [3.63, 3.8) is 0 Å². The average molecular weight is 398 g/mol. The number of hydrogen-bond donors (Lipinski definition) is 1. The summed E-state index contributed by atoms with van der Waals surface area (Å²) >= 11 is 13.7. The monoisotopic (exact) mass is 397 g/mol. The Hall–Kier alpha value is -1.63. The third kappa shape index (κ3) is 3.97. The molecule has 2 heterocycles. The van der Waals surface area contributed by atoms with E-state index in [1.807, 2.05) is 20.8 Å². The fraction of sp³-hybridized carbons (Fsp3) is 0.353. The van der Waals surface area contributed by atoms with Crippen molar-refractivity contribution in [2.24, 2.45) is 5.16 Å². The Balaban J connectivity index is 1.64. The number of thiazole rings is 1. The molecule has 1 N–H and O–H groups in total. The van der Waals surface area contributed by atoms with Crippen molar-refractivity contribution in [1.82, 2.24) is 10.3 Å². The summed E-state index contributed by atoms with van der Waals surface area (Å²) in [6.07, 6.45) is -0.306. The van der Waals surface area contributed by atoms with Gasteiger partial charge in [0.05, 0.1) is 27.5 Å². The molecule has 8 heteroatoms. The SMILES string of the molecule is Cc1nc(C)c([C@@H](C)NC(=O)[C@H]2CC(c3ccc(Cl)cc3Cl)=NO2)s1. The Morgan fingerprint density at radius 1 is 1.40 bits per heavy atom. The van der Waals surface area contributed by atoms with Crippen molar-refractivity contribution >= 4 is 46.2 Å². The van der Waals surface area contributed by atoms with E-state index in [0.717, 1.165) is 21.1 Å². The van der Waals surface area contributed by atoms with Gasteiger partial charge in [-0.15, -0.1) is 11.3 Å². The summed E-state index contributed by atoms with van der Waals surface area (Å²) in [7, 11) is 0. The van der Waals surface area contributed by atoms with E-state index in [1.165, 1.54) is 0 Å². The van der Waals surface area contributed by atoms with Gasteiger partial charge >= 0.3 is 0 Å². The maximum Gasteiger partial charge on any atom is 0.264 e. The highest BCUT2D eigenvalue weighted by Gasteiger charge is 2.31. The fourth-order valence-electron chi connectivity index (χ4n) is 2.72. The molecule has 1 aliphatic rings. The van der Waals surface area contributed by atoms with E-state index < -0.39 is 6.10 Å². The van der Waals surface area contributed by atoms with E-state index in [9.17, 15) is 4.79 Å². The van der Waals surface area contributed by atoms with E-state index in [2.05, 4.69) is 15.5 Å². The molecule has 2 aromatic rings. The molecule has 0 unspecified atom stereocenters. The first-order chi connectivity index (χ1) is 11.8. The van der Waals surface area contributed by atoms with Gasteiger partial charge in [0.15, 0.2) is 0 Å². The molecule has 2 atom stereocenters. The largest absolute Gasteiger partial charge is 0.382 e. The van der Waals surface area contributed by atoms with E-state index in [1.54, 1.807) is 29.5 Å². The van der Waals surface area contributed by atoms with Crippen LogP contribution in [0.15, 0.2) is 23.4 Å². The van der Waals surface area contributed by atoms with Crippen LogP contribution < -0.4 is 5.32 Å². The minimum Gasteiger partial charge on any atom is -0.382 e. The van der Waals surface area contributed by atoms with Crippen molar-refractivity contribution in [1.29, 1.82) is 0 Å². The summed E-state index contributed by atoms with van der Waals surface area (Å²) in [5.41, 5.74) is 2.30. The second kappa shape index (κ2) is 7.32. The lowest BCUT2D eigenvalue weighted by atomic mass is 10.0. The van der Waals surface area contributed by atoms with Gasteiger partial charge in [0, 0.05) is 21.9 Å². The molecule has 0 spiro atoms. The number of nitrogens with one attached hydrogen (secondary N) is 1. The summed E-state index contributed by atoms with van der Waals surface area (Å²) in [6.45, 7) is 5.83. The van der Waals surface area contributed by atoms with Crippen LogP contribution in [0.3, 0.4) is 0 Å². The molecule has 132 valence electrons. The number of aromatic nitrogens is 1. The summed E-state index contributed by atoms with van der Waals surface area (Å²) in [5, 5.41) is 9.00. The first kappa shape index (κ1) is 18.2. The van der Waals surface area contributed by atoms with Crippen LogP contribution in [0.4, 0.5) is 0 Å². The van der Waals surface area contributed by atoms with Crippen LogP contribution in [0.25, 0.3) is 0 Å². The van der Waals surface area contributed by atoms with Gasteiger partial charge in [-0.3, -0.25) is 4.79 Å². The maximum absolute atomic E-state index is 12.5. The molecule has 5 nitrogen and oxygen atoms in total. The van der Waals surface area contributed by atoms with Crippen molar-refractivity contribution in [2.45, 2.75) is 39.3 Å². The zero-order valence-electron chi connectivity index (χ0n) is 14.0. The molecule has 3 rings (SSSR count). The van der Waals surface area contributed by atoms with Crippen molar-refractivity contribution in [2.75, 3.05) is 0 Å². The number of oxime groups is 1. The number of carbonyl (C=O) groups excluding carboxylic acids is 1. The fourth-order valence-corrected chi connectivity index (χ4v) is 4.17. The van der Waals surface area contributed by atoms with Crippen LogP contribution in [0.5, 0.6) is 0 Å². The first-order valence-electron chi connectivity index (χ1n) is 7.77. The molecule has 25 heavy (non-hydrogen) atoms. The van der Waals surface area contributed by atoms with Gasteiger partial charge in [0.25, 0.3) is 5.91 Å². The zero-order chi connectivity index (χ0) is 18.1. The molecular weight excluding hydrogens is 381 g/mol. The van der Waals surface area contributed by atoms with E-state index in [4.69, 9.17) is 28.0 Å². The highest BCUT2D eigenvalue weighted by Crippen LogP contribution is 2.27. The number of carbonyl (C=O) groups is 1. The summed E-state index contributed by atoms with van der Waals surface area (Å²) < 4.78 is 0. The molecular formula is C17H17Cl2N3O2S. The quantitative estimate of drug-likeness (QED) is 0.829. The molecule has 1 aromatic carbocycles. The smallest absolute Gasteiger partial charge is 0.264 e. The maximum atomic E-state index is 12.5. The molecule has 1 aliphatic heterocycles. The van der Waals surface area contributed by atoms with Gasteiger partial charge in [0.2, 0.25) is 6.10 Å². The van der Waals surface area contributed by atoms with E-state index >= 15 is 0 Å². The van der Waals surface area contributed by atoms with Crippen LogP contribution in [0.1, 0.15) is 40.5 Å². The van der Waals surface area contributed by atoms with Crippen LogP contribution in [0.2, 0.25) is 10.0 Å². The van der Waals surface area contributed by atoms with E-state index in [0.29, 0.717) is 22.2 Å².